The molecule has 0 saturated carbocycles. The number of hydrogen-bond donors (Lipinski definition) is 2. The van der Waals surface area contributed by atoms with Crippen LogP contribution < -0.4 is 20.9 Å². The van der Waals surface area contributed by atoms with Gasteiger partial charge in [0.15, 0.2) is 0 Å². The Morgan fingerprint density at radius 3 is 2.56 bits per heavy atom. The molecule has 2 aliphatic heterocycles. The first kappa shape index (κ1) is 22.0. The van der Waals surface area contributed by atoms with Crippen LogP contribution in [-0.2, 0) is 11.2 Å². The quantitative estimate of drug-likeness (QED) is 0.609. The number of nitrogens with one attached hydrogen (secondary N) is 1. The smallest absolute Gasteiger partial charge is 0.327 e. The molecular formula is C24H28N8O2. The minimum Gasteiger partial charge on any atom is -0.378 e. The zero-order valence-corrected chi connectivity index (χ0v) is 19.4. The van der Waals surface area contributed by atoms with Crippen LogP contribution in [0.15, 0.2) is 36.7 Å². The van der Waals surface area contributed by atoms with Crippen LogP contribution in [0.4, 0.5) is 28.2 Å². The van der Waals surface area contributed by atoms with Gasteiger partial charge in [-0.1, -0.05) is 32.0 Å². The summed E-state index contributed by atoms with van der Waals surface area (Å²) in [5, 5.41) is 3.09. The lowest BCUT2D eigenvalue weighted by Gasteiger charge is -2.28. The van der Waals surface area contributed by atoms with Crippen molar-refractivity contribution in [3.63, 3.8) is 0 Å². The molecule has 2 aliphatic rings. The molecule has 0 radical (unpaired) electrons. The predicted molar refractivity (Wildman–Crippen MR) is 131 cm³/mol. The summed E-state index contributed by atoms with van der Waals surface area (Å²) < 4.78 is 5.49. The molecule has 2 aromatic heterocycles. The standard InChI is InChI=1S/C24H28N8O2/c1-15(2)17-5-3-4-6-19(17)28-24(33)32-8-7-18-20(16-13-26-22(25)27-14-16)29-23(30-21(18)32)31-9-11-34-12-10-31/h3-6,13-15H,7-12H2,1-2H3,(H,28,33)(H2,25,26,27). The summed E-state index contributed by atoms with van der Waals surface area (Å²) in [5.41, 5.74) is 9.97. The van der Waals surface area contributed by atoms with Crippen LogP contribution >= 0.6 is 0 Å². The molecular weight excluding hydrogens is 432 g/mol. The monoisotopic (exact) mass is 460 g/mol. The van der Waals surface area contributed by atoms with E-state index in [0.29, 0.717) is 51.0 Å². The third-order valence-corrected chi connectivity index (χ3v) is 6.12. The van der Waals surface area contributed by atoms with Gasteiger partial charge < -0.3 is 20.7 Å². The Hall–Kier alpha value is -3.79. The van der Waals surface area contributed by atoms with Gasteiger partial charge >= 0.3 is 6.03 Å². The molecule has 0 unspecified atom stereocenters. The molecule has 1 saturated heterocycles. The Kier molecular flexibility index (Phi) is 5.97. The lowest BCUT2D eigenvalue weighted by atomic mass is 10.0. The lowest BCUT2D eigenvalue weighted by molar-refractivity contribution is 0.122. The molecule has 5 rings (SSSR count). The van der Waals surface area contributed by atoms with Crippen molar-refractivity contribution >= 4 is 29.4 Å². The molecule has 0 atom stereocenters. The van der Waals surface area contributed by atoms with Crippen LogP contribution in [0, 0.1) is 0 Å². The summed E-state index contributed by atoms with van der Waals surface area (Å²) in [7, 11) is 0. The van der Waals surface area contributed by atoms with Crippen molar-refractivity contribution in [2.45, 2.75) is 26.2 Å². The molecule has 4 heterocycles. The number of nitrogen functional groups attached to an aromatic ring is 1. The number of rotatable bonds is 4. The number of carbonyl (C=O) groups is 1. The molecule has 1 fully saturated rings. The Balaban J connectivity index is 1.53. The van der Waals surface area contributed by atoms with Crippen LogP contribution in [0.1, 0.15) is 30.9 Å². The molecule has 2 amide bonds. The van der Waals surface area contributed by atoms with E-state index in [4.69, 9.17) is 20.4 Å². The topological polar surface area (TPSA) is 122 Å². The van der Waals surface area contributed by atoms with Gasteiger partial charge in [-0.05, 0) is 24.0 Å². The van der Waals surface area contributed by atoms with Crippen molar-refractivity contribution in [1.82, 2.24) is 19.9 Å². The fraction of sp³-hybridized carbons (Fsp3) is 0.375. The number of amides is 2. The number of para-hydroxylation sites is 1. The molecule has 0 bridgehead atoms. The summed E-state index contributed by atoms with van der Waals surface area (Å²) in [6.07, 6.45) is 3.96. The number of fused-ring (bicyclic) bond motifs is 1. The van der Waals surface area contributed by atoms with E-state index >= 15 is 0 Å². The SMILES string of the molecule is CC(C)c1ccccc1NC(=O)N1CCc2c(-c3cnc(N)nc3)nc(N3CCOCC3)nc21. The van der Waals surface area contributed by atoms with Crippen molar-refractivity contribution in [2.75, 3.05) is 53.7 Å². The van der Waals surface area contributed by atoms with Crippen molar-refractivity contribution in [1.29, 1.82) is 0 Å². The van der Waals surface area contributed by atoms with Crippen molar-refractivity contribution < 1.29 is 9.53 Å². The molecule has 3 aromatic rings. The van der Waals surface area contributed by atoms with Gasteiger partial charge in [-0.2, -0.15) is 4.98 Å². The maximum Gasteiger partial charge on any atom is 0.327 e. The van der Waals surface area contributed by atoms with Crippen LogP contribution in [0.5, 0.6) is 0 Å². The Morgan fingerprint density at radius 2 is 1.82 bits per heavy atom. The van der Waals surface area contributed by atoms with Gasteiger partial charge in [0, 0.05) is 48.8 Å². The van der Waals surface area contributed by atoms with Gasteiger partial charge in [0.25, 0.3) is 0 Å². The number of morpholine rings is 1. The normalized spacial score (nSPS) is 15.5. The fourth-order valence-electron chi connectivity index (χ4n) is 4.34. The minimum absolute atomic E-state index is 0.202. The second kappa shape index (κ2) is 9.22. The van der Waals surface area contributed by atoms with Gasteiger partial charge in [0.2, 0.25) is 11.9 Å². The van der Waals surface area contributed by atoms with Crippen LogP contribution in [0.25, 0.3) is 11.3 Å². The number of nitrogens with two attached hydrogens (primary N) is 1. The molecule has 0 aliphatic carbocycles. The number of benzene rings is 1. The highest BCUT2D eigenvalue weighted by Gasteiger charge is 2.32. The van der Waals surface area contributed by atoms with E-state index in [0.717, 1.165) is 28.1 Å². The second-order valence-electron chi connectivity index (χ2n) is 8.68. The number of carbonyl (C=O) groups excluding carboxylic acids is 1. The summed E-state index contributed by atoms with van der Waals surface area (Å²) in [4.78, 5) is 35.2. The highest BCUT2D eigenvalue weighted by Crippen LogP contribution is 2.36. The van der Waals surface area contributed by atoms with Crippen molar-refractivity contribution in [3.8, 4) is 11.3 Å². The number of nitrogens with zero attached hydrogens (tertiary/aromatic N) is 6. The molecule has 10 nitrogen and oxygen atoms in total. The average Bonchev–Trinajstić information content (AvgIpc) is 3.29. The van der Waals surface area contributed by atoms with Gasteiger partial charge in [0.1, 0.15) is 5.82 Å². The Morgan fingerprint density at radius 1 is 1.09 bits per heavy atom. The van der Waals surface area contributed by atoms with Crippen LogP contribution in [0.3, 0.4) is 0 Å². The fourth-order valence-corrected chi connectivity index (χ4v) is 4.34. The number of aromatic nitrogens is 4. The molecule has 10 heteroatoms. The van der Waals surface area contributed by atoms with Gasteiger partial charge in [-0.25, -0.2) is 19.7 Å². The van der Waals surface area contributed by atoms with Crippen molar-refractivity contribution in [2.24, 2.45) is 0 Å². The van der Waals surface area contributed by atoms with E-state index in [-0.39, 0.29) is 17.9 Å². The van der Waals surface area contributed by atoms with E-state index in [1.165, 1.54) is 0 Å². The Labute approximate surface area is 198 Å². The first-order valence-corrected chi connectivity index (χ1v) is 11.5. The molecule has 1 aromatic carbocycles. The zero-order chi connectivity index (χ0) is 23.7. The van der Waals surface area contributed by atoms with Gasteiger partial charge in [0.05, 0.1) is 18.9 Å². The van der Waals surface area contributed by atoms with Crippen LogP contribution in [-0.4, -0.2) is 58.8 Å². The van der Waals surface area contributed by atoms with E-state index < -0.39 is 0 Å². The number of urea groups is 1. The highest BCUT2D eigenvalue weighted by molar-refractivity contribution is 6.03. The van der Waals surface area contributed by atoms with E-state index in [1.54, 1.807) is 17.3 Å². The third kappa shape index (κ3) is 4.24. The zero-order valence-electron chi connectivity index (χ0n) is 19.4. The first-order valence-electron chi connectivity index (χ1n) is 11.5. The van der Waals surface area contributed by atoms with E-state index in [9.17, 15) is 4.79 Å². The van der Waals surface area contributed by atoms with Crippen molar-refractivity contribution in [3.05, 3.63) is 47.8 Å². The number of ether oxygens (including phenoxy) is 1. The summed E-state index contributed by atoms with van der Waals surface area (Å²) >= 11 is 0. The Bertz CT molecular complexity index is 1190. The average molecular weight is 461 g/mol. The predicted octanol–water partition coefficient (Wildman–Crippen LogP) is 3.07. The highest BCUT2D eigenvalue weighted by atomic mass is 16.5. The molecule has 0 spiro atoms. The minimum atomic E-state index is -0.210. The van der Waals surface area contributed by atoms with E-state index in [1.807, 2.05) is 24.3 Å². The molecule has 34 heavy (non-hydrogen) atoms. The maximum absolute atomic E-state index is 13.4. The maximum atomic E-state index is 13.4. The first-order chi connectivity index (χ1) is 16.5. The largest absolute Gasteiger partial charge is 0.378 e. The van der Waals surface area contributed by atoms with Gasteiger partial charge in [-0.15, -0.1) is 0 Å². The van der Waals surface area contributed by atoms with Gasteiger partial charge in [-0.3, -0.25) is 4.90 Å². The summed E-state index contributed by atoms with van der Waals surface area (Å²) in [5.74, 6) is 1.67. The van der Waals surface area contributed by atoms with Crippen LogP contribution in [0.2, 0.25) is 0 Å². The van der Waals surface area contributed by atoms with E-state index in [2.05, 4.69) is 34.0 Å². The molecule has 3 N–H and O–H groups in total. The second-order valence-corrected chi connectivity index (χ2v) is 8.68. The summed E-state index contributed by atoms with van der Waals surface area (Å²) in [6.45, 7) is 7.32. The number of hydrogen-bond acceptors (Lipinski definition) is 8. The third-order valence-electron chi connectivity index (χ3n) is 6.12. The summed E-state index contributed by atoms with van der Waals surface area (Å²) in [6, 6.07) is 7.67. The molecule has 176 valence electrons. The lowest BCUT2D eigenvalue weighted by Crippen LogP contribution is -2.38. The number of anilines is 4.